The Morgan fingerprint density at radius 1 is 1.05 bits per heavy atom. The third-order valence-corrected chi connectivity index (χ3v) is 4.97. The molecule has 0 radical (unpaired) electrons. The van der Waals surface area contributed by atoms with E-state index in [2.05, 4.69) is 27.0 Å². The van der Waals surface area contributed by atoms with Gasteiger partial charge in [0.15, 0.2) is 0 Å². The monoisotopic (exact) mass is 301 g/mol. The SMILES string of the molecule is c1c(NCCC2CCNCC2)nc(NC2CC2)nc1C1CC1. The second-order valence-corrected chi connectivity index (χ2v) is 7.10. The highest BCUT2D eigenvalue weighted by atomic mass is 15.2. The molecule has 2 saturated carbocycles. The molecule has 0 aromatic carbocycles. The number of nitrogens with zero attached hydrogens (tertiary/aromatic N) is 2. The van der Waals surface area contributed by atoms with E-state index in [1.807, 2.05) is 0 Å². The molecule has 0 spiro atoms. The summed E-state index contributed by atoms with van der Waals surface area (Å²) in [5.41, 5.74) is 1.22. The molecule has 1 aromatic heterocycles. The molecule has 2 aliphatic carbocycles. The van der Waals surface area contributed by atoms with E-state index >= 15 is 0 Å². The van der Waals surface area contributed by atoms with Crippen LogP contribution in [0.1, 0.15) is 56.6 Å². The Kier molecular flexibility index (Phi) is 4.15. The van der Waals surface area contributed by atoms with E-state index < -0.39 is 0 Å². The molecule has 1 aliphatic heterocycles. The first-order valence-electron chi connectivity index (χ1n) is 8.97. The van der Waals surface area contributed by atoms with E-state index in [1.165, 1.54) is 63.7 Å². The first-order valence-corrected chi connectivity index (χ1v) is 8.97. The van der Waals surface area contributed by atoms with Crippen molar-refractivity contribution in [2.45, 2.75) is 56.9 Å². The summed E-state index contributed by atoms with van der Waals surface area (Å²) in [6.45, 7) is 3.38. The number of hydrogen-bond acceptors (Lipinski definition) is 5. The lowest BCUT2D eigenvalue weighted by atomic mass is 9.95. The van der Waals surface area contributed by atoms with Crippen LogP contribution in [0.2, 0.25) is 0 Å². The molecule has 1 aromatic rings. The highest BCUT2D eigenvalue weighted by Gasteiger charge is 2.27. The van der Waals surface area contributed by atoms with Gasteiger partial charge in [0.25, 0.3) is 0 Å². The lowest BCUT2D eigenvalue weighted by Crippen LogP contribution is -2.28. The fraction of sp³-hybridized carbons (Fsp3) is 0.765. The molecular weight excluding hydrogens is 274 g/mol. The lowest BCUT2D eigenvalue weighted by Gasteiger charge is -2.22. The number of aromatic nitrogens is 2. The largest absolute Gasteiger partial charge is 0.370 e. The van der Waals surface area contributed by atoms with Crippen molar-refractivity contribution in [3.63, 3.8) is 0 Å². The van der Waals surface area contributed by atoms with Gasteiger partial charge in [-0.15, -0.1) is 0 Å². The summed E-state index contributed by atoms with van der Waals surface area (Å²) in [5.74, 6) is 3.38. The summed E-state index contributed by atoms with van der Waals surface area (Å²) < 4.78 is 0. The van der Waals surface area contributed by atoms with Crippen LogP contribution in [0.4, 0.5) is 11.8 Å². The minimum atomic E-state index is 0.608. The van der Waals surface area contributed by atoms with Gasteiger partial charge >= 0.3 is 0 Å². The molecule has 0 bridgehead atoms. The van der Waals surface area contributed by atoms with Gasteiger partial charge in [0, 0.05) is 24.6 Å². The summed E-state index contributed by atoms with van der Waals surface area (Å²) in [5, 5.41) is 10.4. The summed E-state index contributed by atoms with van der Waals surface area (Å²) in [4.78, 5) is 9.36. The maximum absolute atomic E-state index is 4.70. The van der Waals surface area contributed by atoms with Gasteiger partial charge in [0.2, 0.25) is 5.95 Å². The minimum absolute atomic E-state index is 0.608. The van der Waals surface area contributed by atoms with Crippen LogP contribution in [-0.4, -0.2) is 35.6 Å². The number of anilines is 2. The van der Waals surface area contributed by atoms with Crippen LogP contribution in [0.25, 0.3) is 0 Å². The van der Waals surface area contributed by atoms with Gasteiger partial charge in [0.1, 0.15) is 5.82 Å². The van der Waals surface area contributed by atoms with Crippen molar-refractivity contribution in [1.29, 1.82) is 0 Å². The fourth-order valence-electron chi connectivity index (χ4n) is 3.19. The van der Waals surface area contributed by atoms with Crippen molar-refractivity contribution in [1.82, 2.24) is 15.3 Å². The Morgan fingerprint density at radius 3 is 2.59 bits per heavy atom. The fourth-order valence-corrected chi connectivity index (χ4v) is 3.19. The molecule has 1 saturated heterocycles. The van der Waals surface area contributed by atoms with E-state index in [-0.39, 0.29) is 0 Å². The third-order valence-electron chi connectivity index (χ3n) is 4.97. The van der Waals surface area contributed by atoms with Gasteiger partial charge in [-0.1, -0.05) is 0 Å². The maximum atomic E-state index is 4.70. The topological polar surface area (TPSA) is 61.9 Å². The Morgan fingerprint density at radius 2 is 1.86 bits per heavy atom. The van der Waals surface area contributed by atoms with Crippen LogP contribution < -0.4 is 16.0 Å². The van der Waals surface area contributed by atoms with Crippen LogP contribution in [-0.2, 0) is 0 Å². The van der Waals surface area contributed by atoms with Crippen LogP contribution in [0.5, 0.6) is 0 Å². The van der Waals surface area contributed by atoms with Crippen molar-refractivity contribution < 1.29 is 0 Å². The molecule has 4 rings (SSSR count). The Hall–Kier alpha value is -1.36. The average molecular weight is 301 g/mol. The predicted octanol–water partition coefficient (Wildman–Crippen LogP) is 2.73. The number of nitrogens with one attached hydrogen (secondary N) is 3. The molecule has 0 atom stereocenters. The van der Waals surface area contributed by atoms with Crippen molar-refractivity contribution in [3.8, 4) is 0 Å². The summed E-state index contributed by atoms with van der Waals surface area (Å²) in [6.07, 6.45) is 8.96. The van der Waals surface area contributed by atoms with Gasteiger partial charge in [0.05, 0.1) is 5.69 Å². The first-order chi connectivity index (χ1) is 10.9. The van der Waals surface area contributed by atoms with Crippen molar-refractivity contribution in [3.05, 3.63) is 11.8 Å². The van der Waals surface area contributed by atoms with Gasteiger partial charge in [-0.25, -0.2) is 4.98 Å². The van der Waals surface area contributed by atoms with Crippen LogP contribution in [0.15, 0.2) is 6.07 Å². The maximum Gasteiger partial charge on any atom is 0.225 e. The summed E-state index contributed by atoms with van der Waals surface area (Å²) >= 11 is 0. The van der Waals surface area contributed by atoms with Crippen molar-refractivity contribution in [2.24, 2.45) is 5.92 Å². The van der Waals surface area contributed by atoms with Crippen LogP contribution in [0, 0.1) is 5.92 Å². The summed E-state index contributed by atoms with van der Waals surface area (Å²) in [6, 6.07) is 2.77. The standard InChI is InChI=1S/C17H27N5/c1-2-13(1)15-11-16(22-17(21-15)20-14-3-4-14)19-10-7-12-5-8-18-9-6-12/h11-14,18H,1-10H2,(H2,19,20,21,22). The molecule has 120 valence electrons. The smallest absolute Gasteiger partial charge is 0.225 e. The highest BCUT2D eigenvalue weighted by Crippen LogP contribution is 2.40. The number of rotatable bonds is 7. The second-order valence-electron chi connectivity index (χ2n) is 7.10. The van der Waals surface area contributed by atoms with E-state index in [9.17, 15) is 0 Å². The van der Waals surface area contributed by atoms with Gasteiger partial charge in [-0.2, -0.15) is 4.98 Å². The van der Waals surface area contributed by atoms with Gasteiger partial charge in [-0.05, 0) is 64.0 Å². The van der Waals surface area contributed by atoms with Crippen LogP contribution >= 0.6 is 0 Å². The van der Waals surface area contributed by atoms with Gasteiger partial charge in [-0.3, -0.25) is 0 Å². The highest BCUT2D eigenvalue weighted by molar-refractivity contribution is 5.44. The van der Waals surface area contributed by atoms with Gasteiger partial charge < -0.3 is 16.0 Å². The van der Waals surface area contributed by atoms with E-state index in [0.29, 0.717) is 12.0 Å². The molecule has 3 N–H and O–H groups in total. The van der Waals surface area contributed by atoms with Crippen molar-refractivity contribution in [2.75, 3.05) is 30.3 Å². The summed E-state index contributed by atoms with van der Waals surface area (Å²) in [7, 11) is 0. The molecule has 22 heavy (non-hydrogen) atoms. The molecule has 3 aliphatic rings. The zero-order chi connectivity index (χ0) is 14.8. The minimum Gasteiger partial charge on any atom is -0.370 e. The van der Waals surface area contributed by atoms with Crippen LogP contribution in [0.3, 0.4) is 0 Å². The zero-order valence-electron chi connectivity index (χ0n) is 13.3. The third kappa shape index (κ3) is 3.88. The normalized spacial score (nSPS) is 22.5. The number of hydrogen-bond donors (Lipinski definition) is 3. The molecule has 0 amide bonds. The average Bonchev–Trinajstić information content (AvgIpc) is 3.42. The second kappa shape index (κ2) is 6.41. The molecule has 0 unspecified atom stereocenters. The molecule has 5 heteroatoms. The molecule has 3 fully saturated rings. The number of piperidine rings is 1. The molecule has 2 heterocycles. The Balaban J connectivity index is 1.35. The van der Waals surface area contributed by atoms with E-state index in [1.54, 1.807) is 0 Å². The van der Waals surface area contributed by atoms with E-state index in [0.717, 1.165) is 24.2 Å². The van der Waals surface area contributed by atoms with Crippen molar-refractivity contribution >= 4 is 11.8 Å². The Bertz CT molecular complexity index is 504. The zero-order valence-corrected chi connectivity index (χ0v) is 13.3. The quantitative estimate of drug-likeness (QED) is 0.723. The first kappa shape index (κ1) is 14.2. The lowest BCUT2D eigenvalue weighted by molar-refractivity contribution is 0.361. The van der Waals surface area contributed by atoms with E-state index in [4.69, 9.17) is 4.98 Å². The molecular formula is C17H27N5. The molecule has 5 nitrogen and oxygen atoms in total. The predicted molar refractivity (Wildman–Crippen MR) is 89.4 cm³/mol. The Labute approximate surface area is 132 Å².